The first-order chi connectivity index (χ1) is 12.0. The first-order valence-corrected chi connectivity index (χ1v) is 7.90. The van der Waals surface area contributed by atoms with E-state index >= 15 is 0 Å². The van der Waals surface area contributed by atoms with E-state index in [9.17, 15) is 18.8 Å². The molecule has 1 aliphatic carbocycles. The van der Waals surface area contributed by atoms with Gasteiger partial charge in [0.15, 0.2) is 18.2 Å². The van der Waals surface area contributed by atoms with Crippen LogP contribution in [0.1, 0.15) is 19.3 Å². The van der Waals surface area contributed by atoms with Gasteiger partial charge >= 0.3 is 5.97 Å². The number of benzene rings is 1. The van der Waals surface area contributed by atoms with Crippen molar-refractivity contribution in [1.82, 2.24) is 5.32 Å². The van der Waals surface area contributed by atoms with Crippen molar-refractivity contribution in [2.75, 3.05) is 11.9 Å². The Morgan fingerprint density at radius 1 is 1.40 bits per heavy atom. The van der Waals surface area contributed by atoms with E-state index in [1.807, 2.05) is 0 Å². The fourth-order valence-electron chi connectivity index (χ4n) is 3.14. The number of nitrogens with one attached hydrogen (secondary N) is 2. The van der Waals surface area contributed by atoms with E-state index in [1.165, 1.54) is 12.1 Å². The van der Waals surface area contributed by atoms with Crippen molar-refractivity contribution >= 4 is 23.3 Å². The highest BCUT2D eigenvalue weighted by Gasteiger charge is 2.40. The zero-order valence-corrected chi connectivity index (χ0v) is 13.3. The standard InChI is InChI=1S/C17H17FN2O5/c18-11-6-9(4-5-14(11)25-8-15(22)23)20-17(24)10-7-19-12-2-1-3-13(21)16(10)12/h4-7,12,16,19H,1-3,8H2,(H,20,24)(H,22,23). The maximum absolute atomic E-state index is 13.9. The van der Waals surface area contributed by atoms with Gasteiger partial charge in [0.1, 0.15) is 5.78 Å². The minimum Gasteiger partial charge on any atom is -0.479 e. The molecule has 0 bridgehead atoms. The van der Waals surface area contributed by atoms with Crippen LogP contribution in [0.15, 0.2) is 30.0 Å². The summed E-state index contributed by atoms with van der Waals surface area (Å²) >= 11 is 0. The quantitative estimate of drug-likeness (QED) is 0.744. The molecule has 132 valence electrons. The summed E-state index contributed by atoms with van der Waals surface area (Å²) in [6.07, 6.45) is 3.64. The van der Waals surface area contributed by atoms with Crippen LogP contribution >= 0.6 is 0 Å². The minimum absolute atomic E-state index is 0.0336. The Labute approximate surface area is 142 Å². The van der Waals surface area contributed by atoms with Crippen LogP contribution in [0.4, 0.5) is 10.1 Å². The Morgan fingerprint density at radius 3 is 2.92 bits per heavy atom. The van der Waals surface area contributed by atoms with E-state index in [4.69, 9.17) is 9.84 Å². The highest BCUT2D eigenvalue weighted by atomic mass is 19.1. The van der Waals surface area contributed by atoms with Gasteiger partial charge in [-0.25, -0.2) is 9.18 Å². The van der Waals surface area contributed by atoms with Gasteiger partial charge < -0.3 is 20.5 Å². The Bertz CT molecular complexity index is 761. The van der Waals surface area contributed by atoms with Gasteiger partial charge in [-0.3, -0.25) is 9.59 Å². The van der Waals surface area contributed by atoms with E-state index in [2.05, 4.69) is 10.6 Å². The predicted octanol–water partition coefficient (Wildman–Crippen LogP) is 1.45. The molecule has 3 N–H and O–H groups in total. The van der Waals surface area contributed by atoms with E-state index in [-0.39, 0.29) is 23.3 Å². The summed E-state index contributed by atoms with van der Waals surface area (Å²) in [6.45, 7) is -0.660. The van der Waals surface area contributed by atoms with Crippen molar-refractivity contribution in [3.05, 3.63) is 35.8 Å². The van der Waals surface area contributed by atoms with Crippen molar-refractivity contribution in [2.24, 2.45) is 5.92 Å². The molecule has 1 aromatic rings. The number of carboxylic acid groups (broad SMARTS) is 1. The van der Waals surface area contributed by atoms with Crippen LogP contribution in [-0.4, -0.2) is 35.4 Å². The van der Waals surface area contributed by atoms with Crippen molar-refractivity contribution in [3.8, 4) is 5.75 Å². The second-order valence-corrected chi connectivity index (χ2v) is 5.99. The second-order valence-electron chi connectivity index (χ2n) is 5.99. The third kappa shape index (κ3) is 3.62. The summed E-state index contributed by atoms with van der Waals surface area (Å²) in [4.78, 5) is 34.9. The molecule has 1 fully saturated rings. The summed E-state index contributed by atoms with van der Waals surface area (Å²) < 4.78 is 18.7. The van der Waals surface area contributed by atoms with Crippen LogP contribution in [0.25, 0.3) is 0 Å². The lowest BCUT2D eigenvalue weighted by Gasteiger charge is -2.25. The average Bonchev–Trinajstić information content (AvgIpc) is 2.99. The largest absolute Gasteiger partial charge is 0.479 e. The zero-order chi connectivity index (χ0) is 18.0. The summed E-state index contributed by atoms with van der Waals surface area (Å²) in [5.41, 5.74) is 0.541. The number of ether oxygens (including phenoxy) is 1. The predicted molar refractivity (Wildman–Crippen MR) is 85.5 cm³/mol. The smallest absolute Gasteiger partial charge is 0.341 e. The molecule has 1 amide bonds. The third-order valence-corrected chi connectivity index (χ3v) is 4.28. The number of anilines is 1. The molecule has 1 saturated carbocycles. The number of carbonyl (C=O) groups excluding carboxylic acids is 2. The number of aliphatic carboxylic acids is 1. The van der Waals surface area contributed by atoms with Crippen LogP contribution < -0.4 is 15.4 Å². The molecule has 7 nitrogen and oxygen atoms in total. The summed E-state index contributed by atoms with van der Waals surface area (Å²) in [6, 6.07) is 3.63. The molecule has 1 aliphatic heterocycles. The minimum atomic E-state index is -1.22. The summed E-state index contributed by atoms with van der Waals surface area (Å²) in [5.74, 6) is -3.12. The molecular formula is C17H17FN2O5. The van der Waals surface area contributed by atoms with Gasteiger partial charge in [0.2, 0.25) is 0 Å². The SMILES string of the molecule is O=C(O)COc1ccc(NC(=O)C2=CNC3CCCC(=O)C23)cc1F. The van der Waals surface area contributed by atoms with Crippen molar-refractivity contribution in [3.63, 3.8) is 0 Å². The molecule has 1 aromatic carbocycles. The molecule has 2 atom stereocenters. The number of hydrogen-bond acceptors (Lipinski definition) is 5. The number of fused-ring (bicyclic) bond motifs is 1. The van der Waals surface area contributed by atoms with Gasteiger partial charge in [0.25, 0.3) is 5.91 Å². The number of rotatable bonds is 5. The van der Waals surface area contributed by atoms with E-state index in [0.29, 0.717) is 12.0 Å². The van der Waals surface area contributed by atoms with Crippen molar-refractivity contribution < 1.29 is 28.6 Å². The fraction of sp³-hybridized carbons (Fsp3) is 0.353. The first kappa shape index (κ1) is 16.9. The van der Waals surface area contributed by atoms with Crippen LogP contribution in [0, 0.1) is 11.7 Å². The molecule has 0 radical (unpaired) electrons. The normalized spacial score (nSPS) is 21.8. The molecule has 2 aliphatic rings. The molecule has 3 rings (SSSR count). The lowest BCUT2D eigenvalue weighted by Crippen LogP contribution is -2.38. The third-order valence-electron chi connectivity index (χ3n) is 4.28. The molecule has 25 heavy (non-hydrogen) atoms. The Morgan fingerprint density at radius 2 is 2.20 bits per heavy atom. The van der Waals surface area contributed by atoms with Crippen LogP contribution in [-0.2, 0) is 14.4 Å². The Balaban J connectivity index is 1.68. The first-order valence-electron chi connectivity index (χ1n) is 7.90. The van der Waals surface area contributed by atoms with E-state index < -0.39 is 30.2 Å². The van der Waals surface area contributed by atoms with Gasteiger partial charge in [-0.1, -0.05) is 0 Å². The number of halogens is 1. The number of hydrogen-bond donors (Lipinski definition) is 3. The molecule has 0 saturated heterocycles. The second kappa shape index (κ2) is 6.92. The molecule has 2 unspecified atom stereocenters. The molecular weight excluding hydrogens is 331 g/mol. The lowest BCUT2D eigenvalue weighted by atomic mass is 9.81. The molecule has 1 heterocycles. The van der Waals surface area contributed by atoms with Gasteiger partial charge in [-0.15, -0.1) is 0 Å². The fourth-order valence-corrected chi connectivity index (χ4v) is 3.14. The maximum Gasteiger partial charge on any atom is 0.341 e. The van der Waals surface area contributed by atoms with E-state index in [1.54, 1.807) is 6.20 Å². The summed E-state index contributed by atoms with van der Waals surface area (Å²) in [7, 11) is 0. The topological polar surface area (TPSA) is 105 Å². The zero-order valence-electron chi connectivity index (χ0n) is 13.3. The maximum atomic E-state index is 13.9. The molecule has 0 aromatic heterocycles. The highest BCUT2D eigenvalue weighted by Crippen LogP contribution is 2.32. The molecule has 0 spiro atoms. The van der Waals surface area contributed by atoms with Gasteiger partial charge in [-0.05, 0) is 25.0 Å². The Hall–Kier alpha value is -2.90. The number of amides is 1. The summed E-state index contributed by atoms with van der Waals surface area (Å²) in [5, 5.41) is 14.2. The van der Waals surface area contributed by atoms with Crippen LogP contribution in [0.3, 0.4) is 0 Å². The number of carboxylic acids is 1. The molecule has 8 heteroatoms. The van der Waals surface area contributed by atoms with Crippen LogP contribution in [0.5, 0.6) is 5.75 Å². The average molecular weight is 348 g/mol. The Kier molecular flexibility index (Phi) is 4.69. The van der Waals surface area contributed by atoms with E-state index in [0.717, 1.165) is 18.9 Å². The van der Waals surface area contributed by atoms with Crippen molar-refractivity contribution in [2.45, 2.75) is 25.3 Å². The van der Waals surface area contributed by atoms with Gasteiger partial charge in [-0.2, -0.15) is 0 Å². The number of ketones is 1. The lowest BCUT2D eigenvalue weighted by molar-refractivity contribution is -0.139. The van der Waals surface area contributed by atoms with Crippen molar-refractivity contribution in [1.29, 1.82) is 0 Å². The van der Waals surface area contributed by atoms with Crippen LogP contribution in [0.2, 0.25) is 0 Å². The number of Topliss-reactive ketones (excluding diaryl/α,β-unsaturated/α-hetero) is 1. The monoisotopic (exact) mass is 348 g/mol. The van der Waals surface area contributed by atoms with Gasteiger partial charge in [0.05, 0.1) is 5.92 Å². The highest BCUT2D eigenvalue weighted by molar-refractivity contribution is 6.08. The number of carbonyl (C=O) groups is 3. The van der Waals surface area contributed by atoms with Gasteiger partial charge in [0, 0.05) is 36.0 Å².